The summed E-state index contributed by atoms with van der Waals surface area (Å²) in [6.45, 7) is 1.66. The molecule has 90 valence electrons. The number of fused-ring (bicyclic) bond motifs is 1. The fourth-order valence-corrected chi connectivity index (χ4v) is 1.64. The molecule has 0 radical (unpaired) electrons. The molecule has 0 aliphatic rings. The Hall–Kier alpha value is -2.70. The maximum absolute atomic E-state index is 11.9. The minimum Gasteiger partial charge on any atom is -0.320 e. The molecule has 3 aromatic rings. The summed E-state index contributed by atoms with van der Waals surface area (Å²) in [6.07, 6.45) is 1.71. The maximum Gasteiger partial charge on any atom is 0.279 e. The summed E-state index contributed by atoms with van der Waals surface area (Å²) in [5.41, 5.74) is 2.14. The van der Waals surface area contributed by atoms with Gasteiger partial charge in [-0.2, -0.15) is 5.10 Å². The summed E-state index contributed by atoms with van der Waals surface area (Å²) < 4.78 is 4.48. The van der Waals surface area contributed by atoms with Crippen molar-refractivity contribution in [1.82, 2.24) is 20.5 Å². The van der Waals surface area contributed by atoms with Crippen LogP contribution in [0, 0.1) is 6.92 Å². The van der Waals surface area contributed by atoms with Crippen molar-refractivity contribution in [2.75, 3.05) is 5.32 Å². The number of aromatic nitrogens is 4. The van der Waals surface area contributed by atoms with Crippen LogP contribution in [0.3, 0.4) is 0 Å². The van der Waals surface area contributed by atoms with Crippen molar-refractivity contribution in [3.63, 3.8) is 0 Å². The molecule has 2 heterocycles. The molecule has 1 amide bonds. The minimum absolute atomic E-state index is 0.180. The number of hydrogen-bond donors (Lipinski definition) is 2. The maximum atomic E-state index is 11.9. The number of nitrogens with one attached hydrogen (secondary N) is 2. The zero-order valence-corrected chi connectivity index (χ0v) is 9.47. The Morgan fingerprint density at radius 3 is 3.06 bits per heavy atom. The zero-order chi connectivity index (χ0) is 12.5. The Balaban J connectivity index is 1.88. The van der Waals surface area contributed by atoms with Gasteiger partial charge in [-0.25, -0.2) is 4.63 Å². The van der Waals surface area contributed by atoms with E-state index in [9.17, 15) is 4.79 Å². The molecule has 0 saturated carbocycles. The first-order chi connectivity index (χ1) is 8.74. The molecule has 0 bridgehead atoms. The van der Waals surface area contributed by atoms with E-state index in [1.165, 1.54) is 0 Å². The fraction of sp³-hybridized carbons (Fsp3) is 0.0909. The van der Waals surface area contributed by atoms with Gasteiger partial charge in [0.25, 0.3) is 5.91 Å². The molecular weight excluding hydrogens is 234 g/mol. The molecule has 0 aliphatic heterocycles. The largest absolute Gasteiger partial charge is 0.320 e. The van der Waals surface area contributed by atoms with Crippen molar-refractivity contribution in [1.29, 1.82) is 0 Å². The quantitative estimate of drug-likeness (QED) is 0.711. The number of hydrogen-bond acceptors (Lipinski definition) is 5. The molecule has 3 rings (SSSR count). The number of anilines is 1. The van der Waals surface area contributed by atoms with Crippen LogP contribution in [0.5, 0.6) is 0 Å². The fourth-order valence-electron chi connectivity index (χ4n) is 1.64. The predicted octanol–water partition coefficient (Wildman–Crippen LogP) is 1.51. The number of nitrogens with zero attached hydrogens (tertiary/aromatic N) is 3. The van der Waals surface area contributed by atoms with Gasteiger partial charge >= 0.3 is 0 Å². The van der Waals surface area contributed by atoms with E-state index in [1.54, 1.807) is 25.3 Å². The summed E-state index contributed by atoms with van der Waals surface area (Å²) in [4.78, 5) is 11.9. The first-order valence-corrected chi connectivity index (χ1v) is 5.28. The van der Waals surface area contributed by atoms with Gasteiger partial charge in [-0.05, 0) is 30.3 Å². The van der Waals surface area contributed by atoms with E-state index < -0.39 is 0 Å². The molecule has 0 fully saturated rings. The number of carbonyl (C=O) groups is 1. The lowest BCUT2D eigenvalue weighted by Gasteiger charge is -2.02. The van der Waals surface area contributed by atoms with Gasteiger partial charge in [0.05, 0.1) is 11.7 Å². The Morgan fingerprint density at radius 1 is 1.39 bits per heavy atom. The molecule has 7 nitrogen and oxygen atoms in total. The van der Waals surface area contributed by atoms with Gasteiger partial charge in [-0.15, -0.1) is 0 Å². The highest BCUT2D eigenvalue weighted by Crippen LogP contribution is 2.17. The van der Waals surface area contributed by atoms with Crippen molar-refractivity contribution in [3.8, 4) is 0 Å². The number of aromatic amines is 1. The monoisotopic (exact) mass is 243 g/mol. The third kappa shape index (κ3) is 1.71. The number of amides is 1. The zero-order valence-electron chi connectivity index (χ0n) is 9.47. The summed E-state index contributed by atoms with van der Waals surface area (Å²) >= 11 is 0. The molecule has 7 heteroatoms. The SMILES string of the molecule is Cc1nonc1C(=O)Nc1ccc2cn[nH]c2c1. The second kappa shape index (κ2) is 3.95. The molecule has 0 atom stereocenters. The van der Waals surface area contributed by atoms with Crippen LogP contribution in [-0.4, -0.2) is 26.4 Å². The predicted molar refractivity (Wildman–Crippen MR) is 63.1 cm³/mol. The van der Waals surface area contributed by atoms with Crippen molar-refractivity contribution < 1.29 is 9.42 Å². The van der Waals surface area contributed by atoms with E-state index in [2.05, 4.69) is 30.5 Å². The highest BCUT2D eigenvalue weighted by molar-refractivity contribution is 6.04. The topological polar surface area (TPSA) is 96.7 Å². The van der Waals surface area contributed by atoms with Crippen LogP contribution in [0.2, 0.25) is 0 Å². The van der Waals surface area contributed by atoms with Gasteiger partial charge in [0.15, 0.2) is 5.69 Å². The highest BCUT2D eigenvalue weighted by atomic mass is 16.6. The van der Waals surface area contributed by atoms with Crippen LogP contribution in [0.1, 0.15) is 16.2 Å². The van der Waals surface area contributed by atoms with Crippen LogP contribution in [0.15, 0.2) is 29.0 Å². The van der Waals surface area contributed by atoms with Gasteiger partial charge in [-0.3, -0.25) is 9.89 Å². The molecule has 2 N–H and O–H groups in total. The highest BCUT2D eigenvalue weighted by Gasteiger charge is 2.15. The molecule has 18 heavy (non-hydrogen) atoms. The van der Waals surface area contributed by atoms with E-state index in [-0.39, 0.29) is 11.6 Å². The van der Waals surface area contributed by atoms with E-state index in [0.717, 1.165) is 10.9 Å². The van der Waals surface area contributed by atoms with Crippen LogP contribution in [0.25, 0.3) is 10.9 Å². The molecule has 2 aromatic heterocycles. The lowest BCUT2D eigenvalue weighted by atomic mass is 10.2. The molecular formula is C11H9N5O2. The Labute approximate surface area is 101 Å². The number of benzene rings is 1. The molecule has 0 unspecified atom stereocenters. The van der Waals surface area contributed by atoms with Crippen LogP contribution < -0.4 is 5.32 Å². The molecule has 0 saturated heterocycles. The first-order valence-electron chi connectivity index (χ1n) is 5.28. The minimum atomic E-state index is -0.354. The van der Waals surface area contributed by atoms with Crippen molar-refractivity contribution in [2.24, 2.45) is 0 Å². The summed E-state index contributed by atoms with van der Waals surface area (Å²) in [7, 11) is 0. The average molecular weight is 243 g/mol. The van der Waals surface area contributed by atoms with Crippen molar-refractivity contribution >= 4 is 22.5 Å². The van der Waals surface area contributed by atoms with E-state index in [4.69, 9.17) is 0 Å². The van der Waals surface area contributed by atoms with Gasteiger partial charge in [-0.1, -0.05) is 5.16 Å². The summed E-state index contributed by atoms with van der Waals surface area (Å²) in [5.74, 6) is -0.354. The van der Waals surface area contributed by atoms with Crippen LogP contribution >= 0.6 is 0 Å². The average Bonchev–Trinajstić information content (AvgIpc) is 2.96. The first kappa shape index (κ1) is 10.5. The summed E-state index contributed by atoms with van der Waals surface area (Å²) in [5, 5.41) is 17.5. The third-order valence-electron chi connectivity index (χ3n) is 2.57. The number of carbonyl (C=O) groups excluding carboxylic acids is 1. The summed E-state index contributed by atoms with van der Waals surface area (Å²) in [6, 6.07) is 5.45. The normalized spacial score (nSPS) is 10.7. The van der Waals surface area contributed by atoms with E-state index in [0.29, 0.717) is 11.4 Å². The second-order valence-electron chi connectivity index (χ2n) is 3.82. The Kier molecular flexibility index (Phi) is 2.30. The van der Waals surface area contributed by atoms with E-state index >= 15 is 0 Å². The van der Waals surface area contributed by atoms with Crippen molar-refractivity contribution in [2.45, 2.75) is 6.92 Å². The lowest BCUT2D eigenvalue weighted by molar-refractivity contribution is 0.101. The Bertz CT molecular complexity index is 715. The van der Waals surface area contributed by atoms with Gasteiger partial charge < -0.3 is 5.32 Å². The second-order valence-corrected chi connectivity index (χ2v) is 3.82. The Morgan fingerprint density at radius 2 is 2.28 bits per heavy atom. The van der Waals surface area contributed by atoms with Crippen LogP contribution in [0.4, 0.5) is 5.69 Å². The lowest BCUT2D eigenvalue weighted by Crippen LogP contribution is -2.13. The van der Waals surface area contributed by atoms with Crippen LogP contribution in [-0.2, 0) is 0 Å². The number of rotatable bonds is 2. The molecule has 1 aromatic carbocycles. The number of aryl methyl sites for hydroxylation is 1. The van der Waals surface area contributed by atoms with Gasteiger partial charge in [0.2, 0.25) is 0 Å². The number of H-pyrrole nitrogens is 1. The molecule has 0 spiro atoms. The third-order valence-corrected chi connectivity index (χ3v) is 2.57. The van der Waals surface area contributed by atoms with Gasteiger partial charge in [0.1, 0.15) is 5.69 Å². The van der Waals surface area contributed by atoms with E-state index in [1.807, 2.05) is 6.07 Å². The standard InChI is InChI=1S/C11H9N5O2/c1-6-10(16-18-15-6)11(17)13-8-3-2-7-5-12-14-9(7)4-8/h2-5H,1H3,(H,12,14)(H,13,17). The van der Waals surface area contributed by atoms with Crippen molar-refractivity contribution in [3.05, 3.63) is 35.8 Å². The molecule has 0 aliphatic carbocycles. The smallest absolute Gasteiger partial charge is 0.279 e. The van der Waals surface area contributed by atoms with Gasteiger partial charge in [0, 0.05) is 11.1 Å².